The van der Waals surface area contributed by atoms with Gasteiger partial charge in [-0.05, 0) is 30.2 Å². The number of phenolic OH excluding ortho intramolecular Hbond substituents is 1. The molecule has 2 rings (SSSR count). The van der Waals surface area contributed by atoms with Crippen molar-refractivity contribution >= 4 is 0 Å². The van der Waals surface area contributed by atoms with E-state index in [2.05, 4.69) is 9.97 Å². The van der Waals surface area contributed by atoms with Gasteiger partial charge in [-0.15, -0.1) is 0 Å². The lowest BCUT2D eigenvalue weighted by Gasteiger charge is -2.06. The van der Waals surface area contributed by atoms with Crippen LogP contribution in [0.2, 0.25) is 0 Å². The molecule has 0 aliphatic carbocycles. The SMILES string of the molecule is CC(C)c1cc(=O)[nH]c(-c2ccc(O)cc2)n1. The standard InChI is InChI=1S/C13H14N2O2/c1-8(2)11-7-12(17)15-13(14-11)9-3-5-10(16)6-4-9/h3-8,16H,1-2H3,(H,14,15,17). The van der Waals surface area contributed by atoms with E-state index in [9.17, 15) is 9.90 Å². The summed E-state index contributed by atoms with van der Waals surface area (Å²) in [5, 5.41) is 9.21. The molecule has 0 radical (unpaired) electrons. The molecule has 0 atom stereocenters. The number of aromatic nitrogens is 2. The summed E-state index contributed by atoms with van der Waals surface area (Å²) in [5.74, 6) is 0.922. The summed E-state index contributed by atoms with van der Waals surface area (Å²) in [6.07, 6.45) is 0. The predicted octanol–water partition coefficient (Wildman–Crippen LogP) is 2.27. The maximum Gasteiger partial charge on any atom is 0.251 e. The number of nitrogens with one attached hydrogen (secondary N) is 1. The summed E-state index contributed by atoms with van der Waals surface area (Å²) < 4.78 is 0. The van der Waals surface area contributed by atoms with E-state index in [1.54, 1.807) is 24.3 Å². The largest absolute Gasteiger partial charge is 0.508 e. The molecule has 2 aromatic rings. The van der Waals surface area contributed by atoms with Gasteiger partial charge in [0.05, 0.1) is 5.69 Å². The number of rotatable bonds is 2. The highest BCUT2D eigenvalue weighted by atomic mass is 16.3. The fraction of sp³-hybridized carbons (Fsp3) is 0.231. The summed E-state index contributed by atoms with van der Waals surface area (Å²) in [4.78, 5) is 18.6. The zero-order chi connectivity index (χ0) is 12.4. The van der Waals surface area contributed by atoms with Crippen LogP contribution in [-0.2, 0) is 0 Å². The number of aromatic amines is 1. The van der Waals surface area contributed by atoms with Crippen LogP contribution in [0.5, 0.6) is 5.75 Å². The number of benzene rings is 1. The Balaban J connectivity index is 2.52. The molecule has 4 heteroatoms. The predicted molar refractivity (Wildman–Crippen MR) is 66.0 cm³/mol. The highest BCUT2D eigenvalue weighted by molar-refractivity contribution is 5.55. The van der Waals surface area contributed by atoms with Crippen molar-refractivity contribution in [2.24, 2.45) is 0 Å². The van der Waals surface area contributed by atoms with Crippen molar-refractivity contribution in [3.05, 3.63) is 46.4 Å². The van der Waals surface area contributed by atoms with E-state index in [1.807, 2.05) is 13.8 Å². The van der Waals surface area contributed by atoms with Crippen LogP contribution in [0.25, 0.3) is 11.4 Å². The van der Waals surface area contributed by atoms with Gasteiger partial charge < -0.3 is 10.1 Å². The van der Waals surface area contributed by atoms with Crippen LogP contribution in [0.3, 0.4) is 0 Å². The third kappa shape index (κ3) is 2.53. The zero-order valence-electron chi connectivity index (χ0n) is 9.77. The Hall–Kier alpha value is -2.10. The molecule has 0 unspecified atom stereocenters. The lowest BCUT2D eigenvalue weighted by atomic mass is 10.1. The second-order valence-corrected chi connectivity index (χ2v) is 4.22. The number of hydrogen-bond donors (Lipinski definition) is 2. The highest BCUT2D eigenvalue weighted by Crippen LogP contribution is 2.19. The summed E-state index contributed by atoms with van der Waals surface area (Å²) in [5.41, 5.74) is 1.38. The smallest absolute Gasteiger partial charge is 0.251 e. The molecule has 0 aliphatic heterocycles. The van der Waals surface area contributed by atoms with Crippen molar-refractivity contribution in [2.75, 3.05) is 0 Å². The highest BCUT2D eigenvalue weighted by Gasteiger charge is 2.06. The van der Waals surface area contributed by atoms with Gasteiger partial charge in [-0.3, -0.25) is 4.79 Å². The number of aromatic hydroxyl groups is 1. The summed E-state index contributed by atoms with van der Waals surface area (Å²) in [7, 11) is 0. The molecule has 88 valence electrons. The van der Waals surface area contributed by atoms with Crippen LogP contribution in [-0.4, -0.2) is 15.1 Å². The van der Waals surface area contributed by atoms with Gasteiger partial charge in [0.1, 0.15) is 11.6 Å². The van der Waals surface area contributed by atoms with Crippen LogP contribution >= 0.6 is 0 Å². The van der Waals surface area contributed by atoms with Crippen molar-refractivity contribution in [3.8, 4) is 17.1 Å². The van der Waals surface area contributed by atoms with Crippen LogP contribution in [0.15, 0.2) is 35.1 Å². The van der Waals surface area contributed by atoms with Crippen molar-refractivity contribution < 1.29 is 5.11 Å². The minimum atomic E-state index is -0.160. The van der Waals surface area contributed by atoms with Gasteiger partial charge in [-0.25, -0.2) is 4.98 Å². The number of hydrogen-bond acceptors (Lipinski definition) is 3. The van der Waals surface area contributed by atoms with E-state index in [0.717, 1.165) is 11.3 Å². The normalized spacial score (nSPS) is 10.8. The first-order valence-electron chi connectivity index (χ1n) is 5.47. The Bertz CT molecular complexity index is 571. The minimum absolute atomic E-state index is 0.160. The van der Waals surface area contributed by atoms with Gasteiger partial charge in [0.2, 0.25) is 0 Å². The molecule has 0 spiro atoms. The molecule has 0 saturated carbocycles. The molecule has 0 amide bonds. The average Bonchev–Trinajstić information content (AvgIpc) is 2.29. The van der Waals surface area contributed by atoms with Gasteiger partial charge >= 0.3 is 0 Å². The van der Waals surface area contributed by atoms with Crippen molar-refractivity contribution in [3.63, 3.8) is 0 Å². The lowest BCUT2D eigenvalue weighted by molar-refractivity contribution is 0.475. The Kier molecular flexibility index (Phi) is 2.95. The van der Waals surface area contributed by atoms with Crippen molar-refractivity contribution in [1.29, 1.82) is 0 Å². The molecule has 0 saturated heterocycles. The third-order valence-corrected chi connectivity index (χ3v) is 2.49. The van der Waals surface area contributed by atoms with Crippen LogP contribution in [0.1, 0.15) is 25.5 Å². The molecular weight excluding hydrogens is 216 g/mol. The fourth-order valence-corrected chi connectivity index (χ4v) is 1.53. The van der Waals surface area contributed by atoms with E-state index in [1.165, 1.54) is 6.07 Å². The summed E-state index contributed by atoms with van der Waals surface area (Å²) >= 11 is 0. The fourth-order valence-electron chi connectivity index (χ4n) is 1.53. The van der Waals surface area contributed by atoms with Crippen LogP contribution < -0.4 is 5.56 Å². The minimum Gasteiger partial charge on any atom is -0.508 e. The zero-order valence-corrected chi connectivity index (χ0v) is 9.77. The quantitative estimate of drug-likeness (QED) is 0.831. The molecule has 0 fully saturated rings. The lowest BCUT2D eigenvalue weighted by Crippen LogP contribution is -2.11. The first kappa shape index (κ1) is 11.4. The molecule has 1 aromatic heterocycles. The van der Waals surface area contributed by atoms with E-state index in [-0.39, 0.29) is 17.2 Å². The van der Waals surface area contributed by atoms with E-state index >= 15 is 0 Å². The summed E-state index contributed by atoms with van der Waals surface area (Å²) in [6.45, 7) is 3.98. The van der Waals surface area contributed by atoms with Gasteiger partial charge in [0.25, 0.3) is 5.56 Å². The number of H-pyrrole nitrogens is 1. The van der Waals surface area contributed by atoms with Gasteiger partial charge in [-0.2, -0.15) is 0 Å². The Morgan fingerprint density at radius 3 is 2.47 bits per heavy atom. The van der Waals surface area contributed by atoms with Gasteiger partial charge in [0.15, 0.2) is 0 Å². The first-order valence-corrected chi connectivity index (χ1v) is 5.47. The monoisotopic (exact) mass is 230 g/mol. The maximum absolute atomic E-state index is 11.5. The van der Waals surface area contributed by atoms with Crippen molar-refractivity contribution in [1.82, 2.24) is 9.97 Å². The molecule has 1 heterocycles. The second kappa shape index (κ2) is 4.41. The average molecular weight is 230 g/mol. The molecular formula is C13H14N2O2. The molecule has 2 N–H and O–H groups in total. The Labute approximate surface area is 99.0 Å². The Morgan fingerprint density at radius 2 is 1.88 bits per heavy atom. The van der Waals surface area contributed by atoms with Crippen LogP contribution in [0.4, 0.5) is 0 Å². The first-order chi connectivity index (χ1) is 8.06. The number of phenols is 1. The van der Waals surface area contributed by atoms with Gasteiger partial charge in [-0.1, -0.05) is 13.8 Å². The van der Waals surface area contributed by atoms with E-state index < -0.39 is 0 Å². The second-order valence-electron chi connectivity index (χ2n) is 4.22. The van der Waals surface area contributed by atoms with E-state index in [0.29, 0.717) is 5.82 Å². The maximum atomic E-state index is 11.5. The molecule has 1 aromatic carbocycles. The molecule has 4 nitrogen and oxygen atoms in total. The van der Waals surface area contributed by atoms with E-state index in [4.69, 9.17) is 0 Å². The third-order valence-electron chi connectivity index (χ3n) is 2.49. The topological polar surface area (TPSA) is 66.0 Å². The molecule has 0 bridgehead atoms. The van der Waals surface area contributed by atoms with Gasteiger partial charge in [0, 0.05) is 11.6 Å². The summed E-state index contributed by atoms with van der Waals surface area (Å²) in [6, 6.07) is 8.08. The number of nitrogens with zero attached hydrogens (tertiary/aromatic N) is 1. The Morgan fingerprint density at radius 1 is 1.24 bits per heavy atom. The van der Waals surface area contributed by atoms with Crippen molar-refractivity contribution in [2.45, 2.75) is 19.8 Å². The molecule has 17 heavy (non-hydrogen) atoms. The van der Waals surface area contributed by atoms with Crippen LogP contribution in [0, 0.1) is 0 Å². The molecule has 0 aliphatic rings.